The maximum Gasteiger partial charge on any atom is 0.119 e. The molecule has 59 heavy (non-hydrogen) atoms. The van der Waals surface area contributed by atoms with Crippen LogP contribution in [0, 0.1) is 0 Å². The second kappa shape index (κ2) is 13.9. The Morgan fingerprint density at radius 1 is 0.305 bits per heavy atom. The summed E-state index contributed by atoms with van der Waals surface area (Å²) in [6, 6.07) is 84.6. The van der Waals surface area contributed by atoms with E-state index >= 15 is 0 Å². The van der Waals surface area contributed by atoms with E-state index in [9.17, 15) is 0 Å². The largest absolute Gasteiger partial charge is 0.497 e. The fourth-order valence-electron chi connectivity index (χ4n) is 10.3. The van der Waals surface area contributed by atoms with Crippen molar-refractivity contribution in [2.24, 2.45) is 0 Å². The van der Waals surface area contributed by atoms with E-state index in [2.05, 4.69) is 235 Å². The Hall–Kier alpha value is -7.42. The maximum absolute atomic E-state index is 5.65. The number of nitrogens with zero attached hydrogens (tertiary/aromatic N) is 1. The molecule has 0 saturated heterocycles. The van der Waals surface area contributed by atoms with Crippen molar-refractivity contribution < 1.29 is 4.74 Å². The summed E-state index contributed by atoms with van der Waals surface area (Å²) in [4.78, 5) is 2.39. The van der Waals surface area contributed by atoms with Crippen LogP contribution < -0.4 is 9.64 Å². The van der Waals surface area contributed by atoms with Crippen LogP contribution in [0.25, 0.3) is 22.3 Å². The van der Waals surface area contributed by atoms with Gasteiger partial charge >= 0.3 is 0 Å². The molecule has 0 N–H and O–H groups in total. The van der Waals surface area contributed by atoms with Crippen LogP contribution in [0.15, 0.2) is 231 Å². The molecule has 0 unspecified atom stereocenters. The van der Waals surface area contributed by atoms with Gasteiger partial charge in [0.05, 0.1) is 17.9 Å². The van der Waals surface area contributed by atoms with Gasteiger partial charge in [0.2, 0.25) is 0 Å². The van der Waals surface area contributed by atoms with Crippen LogP contribution in [0.1, 0.15) is 44.5 Å². The molecule has 2 nitrogen and oxygen atoms in total. The van der Waals surface area contributed by atoms with Gasteiger partial charge in [-0.1, -0.05) is 182 Å². The molecule has 0 aliphatic heterocycles. The maximum atomic E-state index is 5.65. The van der Waals surface area contributed by atoms with Crippen molar-refractivity contribution in [2.45, 2.75) is 10.8 Å². The molecule has 0 spiro atoms. The average Bonchev–Trinajstić information content (AvgIpc) is 3.79. The van der Waals surface area contributed by atoms with Gasteiger partial charge in [-0.25, -0.2) is 0 Å². The molecule has 0 aromatic heterocycles. The summed E-state index contributed by atoms with van der Waals surface area (Å²) in [6.07, 6.45) is 0. The molecule has 11 rings (SSSR count). The lowest BCUT2D eigenvalue weighted by molar-refractivity contribution is 0.415. The van der Waals surface area contributed by atoms with Gasteiger partial charge in [0.15, 0.2) is 0 Å². The van der Waals surface area contributed by atoms with Gasteiger partial charge in [-0.05, 0) is 115 Å². The second-order valence-corrected chi connectivity index (χ2v) is 15.5. The van der Waals surface area contributed by atoms with E-state index in [0.717, 1.165) is 22.8 Å². The van der Waals surface area contributed by atoms with Crippen LogP contribution in [-0.4, -0.2) is 7.11 Å². The second-order valence-electron chi connectivity index (χ2n) is 15.5. The van der Waals surface area contributed by atoms with E-state index in [1.54, 1.807) is 7.11 Å². The lowest BCUT2D eigenvalue weighted by Gasteiger charge is -2.35. The van der Waals surface area contributed by atoms with Gasteiger partial charge < -0.3 is 9.64 Å². The van der Waals surface area contributed by atoms with Crippen LogP contribution in [0.2, 0.25) is 0 Å². The molecule has 0 amide bonds. The van der Waals surface area contributed by atoms with Gasteiger partial charge in [0, 0.05) is 17.1 Å². The van der Waals surface area contributed by atoms with Crippen LogP contribution >= 0.6 is 0 Å². The third-order valence-corrected chi connectivity index (χ3v) is 12.7. The van der Waals surface area contributed by atoms with Crippen LogP contribution in [0.5, 0.6) is 5.75 Å². The average molecular weight is 756 g/mol. The molecule has 0 fully saturated rings. The summed E-state index contributed by atoms with van der Waals surface area (Å²) >= 11 is 0. The van der Waals surface area contributed by atoms with Crippen molar-refractivity contribution in [1.82, 2.24) is 0 Å². The number of methoxy groups -OCH3 is 1. The number of anilines is 3. The topological polar surface area (TPSA) is 12.5 Å². The quantitative estimate of drug-likeness (QED) is 0.153. The molecular formula is C57H41NO. The molecule has 280 valence electrons. The molecule has 0 radical (unpaired) electrons. The molecule has 2 heteroatoms. The van der Waals surface area contributed by atoms with E-state index in [1.165, 1.54) is 66.8 Å². The van der Waals surface area contributed by atoms with Crippen LogP contribution in [0.3, 0.4) is 0 Å². The number of benzene rings is 9. The monoisotopic (exact) mass is 755 g/mol. The van der Waals surface area contributed by atoms with Gasteiger partial charge in [-0.2, -0.15) is 0 Å². The van der Waals surface area contributed by atoms with Gasteiger partial charge in [0.25, 0.3) is 0 Å². The summed E-state index contributed by atoms with van der Waals surface area (Å²) in [7, 11) is 1.72. The van der Waals surface area contributed by atoms with Crippen molar-refractivity contribution in [1.29, 1.82) is 0 Å². The molecule has 9 aromatic rings. The predicted molar refractivity (Wildman–Crippen MR) is 242 cm³/mol. The summed E-state index contributed by atoms with van der Waals surface area (Å²) in [5.74, 6) is 0.823. The molecule has 0 bridgehead atoms. The smallest absolute Gasteiger partial charge is 0.119 e. The lowest BCUT2D eigenvalue weighted by Crippen LogP contribution is -2.29. The van der Waals surface area contributed by atoms with E-state index < -0.39 is 10.8 Å². The third-order valence-electron chi connectivity index (χ3n) is 12.7. The molecule has 2 aliphatic carbocycles. The van der Waals surface area contributed by atoms with Crippen LogP contribution in [-0.2, 0) is 10.8 Å². The first kappa shape index (κ1) is 34.8. The van der Waals surface area contributed by atoms with Crippen molar-refractivity contribution in [3.05, 3.63) is 275 Å². The molecule has 0 saturated carbocycles. The number of hydrogen-bond acceptors (Lipinski definition) is 2. The first-order valence-electron chi connectivity index (χ1n) is 20.4. The predicted octanol–water partition coefficient (Wildman–Crippen LogP) is 13.9. The van der Waals surface area contributed by atoms with E-state index in [1.807, 2.05) is 0 Å². The Balaban J connectivity index is 1.13. The third kappa shape index (κ3) is 5.13. The van der Waals surface area contributed by atoms with E-state index in [4.69, 9.17) is 4.74 Å². The highest BCUT2D eigenvalue weighted by atomic mass is 16.5. The van der Waals surface area contributed by atoms with Crippen LogP contribution in [0.4, 0.5) is 17.1 Å². The Morgan fingerprint density at radius 2 is 0.644 bits per heavy atom. The SMILES string of the molecule is COc1ccc(N(c2ccc(C3(c4ccccc4)c4ccccc4-c4ccccc43)cc2)c2ccc3c(c2)C(c2ccccc2)(c2ccccc2)c2ccccc2-3)cc1. The van der Waals surface area contributed by atoms with Gasteiger partial charge in [-0.15, -0.1) is 0 Å². The van der Waals surface area contributed by atoms with Crippen molar-refractivity contribution in [2.75, 3.05) is 12.0 Å². The summed E-state index contributed by atoms with van der Waals surface area (Å²) in [5.41, 5.74) is 17.5. The summed E-state index contributed by atoms with van der Waals surface area (Å²) < 4.78 is 5.65. The zero-order valence-electron chi connectivity index (χ0n) is 32.8. The Morgan fingerprint density at radius 3 is 1.08 bits per heavy atom. The fourth-order valence-corrected chi connectivity index (χ4v) is 10.3. The molecule has 0 atom stereocenters. The van der Waals surface area contributed by atoms with Crippen molar-refractivity contribution in [3.8, 4) is 28.0 Å². The number of rotatable bonds is 8. The molecule has 2 aliphatic rings. The minimum atomic E-state index is -0.509. The highest BCUT2D eigenvalue weighted by Gasteiger charge is 2.47. The summed E-state index contributed by atoms with van der Waals surface area (Å²) in [6.45, 7) is 0. The number of fused-ring (bicyclic) bond motifs is 6. The fraction of sp³-hybridized carbons (Fsp3) is 0.0526. The Kier molecular flexibility index (Phi) is 8.20. The van der Waals surface area contributed by atoms with E-state index in [0.29, 0.717) is 0 Å². The highest BCUT2D eigenvalue weighted by molar-refractivity contribution is 5.90. The minimum absolute atomic E-state index is 0.470. The number of ether oxygens (including phenoxy) is 1. The lowest BCUT2D eigenvalue weighted by atomic mass is 9.67. The Labute approximate surface area is 346 Å². The molecular weight excluding hydrogens is 715 g/mol. The highest BCUT2D eigenvalue weighted by Crippen LogP contribution is 2.58. The molecule has 9 aromatic carbocycles. The zero-order chi connectivity index (χ0) is 39.4. The van der Waals surface area contributed by atoms with Crippen molar-refractivity contribution in [3.63, 3.8) is 0 Å². The molecule has 0 heterocycles. The zero-order valence-corrected chi connectivity index (χ0v) is 32.8. The Bertz CT molecular complexity index is 2870. The first-order valence-corrected chi connectivity index (χ1v) is 20.4. The minimum Gasteiger partial charge on any atom is -0.497 e. The standard InChI is InChI=1S/C57H41NO/c1-59-47-36-33-45(34-37-47)58(44-31-29-43(30-32-44)56(40-17-5-2-6-18-40)52-26-14-11-23-48(52)49-24-12-15-27-53(49)56)46-35-38-51-50-25-13-16-28-54(50)57(55(51)39-46,41-19-7-3-8-20-41)42-21-9-4-10-22-42/h2-39H,1H3. The van der Waals surface area contributed by atoms with E-state index in [-0.39, 0.29) is 0 Å². The van der Waals surface area contributed by atoms with Crippen molar-refractivity contribution >= 4 is 17.1 Å². The van der Waals surface area contributed by atoms with Gasteiger partial charge in [0.1, 0.15) is 5.75 Å². The van der Waals surface area contributed by atoms with Gasteiger partial charge in [-0.3, -0.25) is 0 Å². The first-order chi connectivity index (χ1) is 29.2. The summed E-state index contributed by atoms with van der Waals surface area (Å²) in [5, 5.41) is 0. The normalized spacial score (nSPS) is 13.8. The number of hydrogen-bond donors (Lipinski definition) is 0.